The van der Waals surface area contributed by atoms with E-state index in [0.717, 1.165) is 10.9 Å². The fourth-order valence-electron chi connectivity index (χ4n) is 3.47. The molecule has 3 aromatic rings. The predicted octanol–water partition coefficient (Wildman–Crippen LogP) is 2.91. The number of furan rings is 1. The van der Waals surface area contributed by atoms with E-state index >= 15 is 0 Å². The molecule has 27 heavy (non-hydrogen) atoms. The second kappa shape index (κ2) is 6.51. The monoisotopic (exact) mass is 385 g/mol. The number of carbonyl (C=O) groups is 1. The lowest BCUT2D eigenvalue weighted by molar-refractivity contribution is -0.140. The van der Waals surface area contributed by atoms with Gasteiger partial charge >= 0.3 is 5.97 Å². The normalized spacial score (nSPS) is 22.0. The van der Waals surface area contributed by atoms with Gasteiger partial charge in [0.2, 0.25) is 10.0 Å². The molecule has 0 unspecified atom stereocenters. The summed E-state index contributed by atoms with van der Waals surface area (Å²) in [5, 5.41) is 10.5. The SMILES string of the molecule is O=C(O)[C@]1(NS(=O)(=O)CCc2cc3ccccc3o2)C[C@H]1c1ccccc1. The maximum atomic E-state index is 12.5. The summed E-state index contributed by atoms with van der Waals surface area (Å²) in [5.41, 5.74) is 0.0553. The van der Waals surface area contributed by atoms with Gasteiger partial charge in [0, 0.05) is 17.7 Å². The Labute approximate surface area is 156 Å². The summed E-state index contributed by atoms with van der Waals surface area (Å²) in [6, 6.07) is 18.4. The van der Waals surface area contributed by atoms with Crippen molar-refractivity contribution < 1.29 is 22.7 Å². The fraction of sp³-hybridized carbons (Fsp3) is 0.250. The molecule has 2 atom stereocenters. The van der Waals surface area contributed by atoms with E-state index in [4.69, 9.17) is 4.42 Å². The third-order valence-corrected chi connectivity index (χ3v) is 6.39. The van der Waals surface area contributed by atoms with Crippen molar-refractivity contribution in [2.75, 3.05) is 5.75 Å². The Bertz CT molecular complexity index is 1060. The van der Waals surface area contributed by atoms with E-state index in [9.17, 15) is 18.3 Å². The van der Waals surface area contributed by atoms with Crippen LogP contribution in [0.25, 0.3) is 11.0 Å². The molecule has 0 saturated heterocycles. The quantitative estimate of drug-likeness (QED) is 0.652. The number of aliphatic carboxylic acids is 1. The molecule has 1 heterocycles. The average Bonchev–Trinajstić information content (AvgIpc) is 3.21. The van der Waals surface area contributed by atoms with Crippen LogP contribution in [0.15, 0.2) is 65.1 Å². The zero-order chi connectivity index (χ0) is 19.1. The summed E-state index contributed by atoms with van der Waals surface area (Å²) in [6.45, 7) is 0. The Morgan fingerprint density at radius 1 is 1.15 bits per heavy atom. The topological polar surface area (TPSA) is 96.6 Å². The highest BCUT2D eigenvalue weighted by Crippen LogP contribution is 2.52. The van der Waals surface area contributed by atoms with Crippen molar-refractivity contribution in [1.82, 2.24) is 4.72 Å². The van der Waals surface area contributed by atoms with Crippen LogP contribution in [0, 0.1) is 0 Å². The van der Waals surface area contributed by atoms with Crippen LogP contribution in [0.4, 0.5) is 0 Å². The van der Waals surface area contributed by atoms with E-state index in [-0.39, 0.29) is 24.5 Å². The third-order valence-electron chi connectivity index (χ3n) is 4.98. The van der Waals surface area contributed by atoms with Crippen molar-refractivity contribution in [2.45, 2.75) is 24.3 Å². The number of hydrogen-bond donors (Lipinski definition) is 2. The van der Waals surface area contributed by atoms with Crippen LogP contribution >= 0.6 is 0 Å². The minimum absolute atomic E-state index is 0.176. The molecule has 0 aliphatic heterocycles. The van der Waals surface area contributed by atoms with Gasteiger partial charge in [-0.3, -0.25) is 4.79 Å². The molecule has 140 valence electrons. The number of aryl methyl sites for hydroxylation is 1. The first-order valence-corrected chi connectivity index (χ1v) is 10.3. The maximum absolute atomic E-state index is 12.5. The number of nitrogens with one attached hydrogen (secondary N) is 1. The number of para-hydroxylation sites is 1. The van der Waals surface area contributed by atoms with E-state index in [1.54, 1.807) is 0 Å². The second-order valence-electron chi connectivity index (χ2n) is 6.87. The Kier molecular flexibility index (Phi) is 4.28. The van der Waals surface area contributed by atoms with Gasteiger partial charge in [0.05, 0.1) is 5.75 Å². The number of carboxylic acid groups (broad SMARTS) is 1. The van der Waals surface area contributed by atoms with Crippen molar-refractivity contribution in [3.63, 3.8) is 0 Å². The molecule has 4 rings (SSSR count). The molecule has 0 radical (unpaired) electrons. The highest BCUT2D eigenvalue weighted by atomic mass is 32.2. The third kappa shape index (κ3) is 3.48. The first kappa shape index (κ1) is 17.8. The minimum atomic E-state index is -3.79. The summed E-state index contributed by atoms with van der Waals surface area (Å²) in [5.74, 6) is -1.19. The summed E-state index contributed by atoms with van der Waals surface area (Å²) in [7, 11) is -3.79. The molecule has 0 amide bonds. The Morgan fingerprint density at radius 2 is 1.85 bits per heavy atom. The molecule has 1 aliphatic rings. The minimum Gasteiger partial charge on any atom is -0.480 e. The van der Waals surface area contributed by atoms with Crippen molar-refractivity contribution in [2.24, 2.45) is 0 Å². The second-order valence-corrected chi connectivity index (χ2v) is 8.71. The van der Waals surface area contributed by atoms with Gasteiger partial charge in [0.25, 0.3) is 0 Å². The summed E-state index contributed by atoms with van der Waals surface area (Å²) in [4.78, 5) is 11.8. The van der Waals surface area contributed by atoms with E-state index in [1.165, 1.54) is 0 Å². The van der Waals surface area contributed by atoms with Crippen LogP contribution in [0.5, 0.6) is 0 Å². The molecule has 1 fully saturated rings. The van der Waals surface area contributed by atoms with Crippen molar-refractivity contribution in [1.29, 1.82) is 0 Å². The van der Waals surface area contributed by atoms with Crippen LogP contribution in [-0.4, -0.2) is 30.8 Å². The number of carboxylic acids is 1. The molecule has 2 aromatic carbocycles. The van der Waals surface area contributed by atoms with Gasteiger partial charge in [-0.25, -0.2) is 8.42 Å². The van der Waals surface area contributed by atoms with E-state index in [1.807, 2.05) is 60.7 Å². The molecule has 1 saturated carbocycles. The number of benzene rings is 2. The first-order valence-electron chi connectivity index (χ1n) is 8.67. The van der Waals surface area contributed by atoms with E-state index in [2.05, 4.69) is 4.72 Å². The van der Waals surface area contributed by atoms with Crippen molar-refractivity contribution in [3.05, 3.63) is 72.0 Å². The number of hydrogen-bond acceptors (Lipinski definition) is 4. The smallest absolute Gasteiger partial charge is 0.325 e. The molecular weight excluding hydrogens is 366 g/mol. The van der Waals surface area contributed by atoms with Gasteiger partial charge < -0.3 is 9.52 Å². The van der Waals surface area contributed by atoms with Crippen LogP contribution in [0.2, 0.25) is 0 Å². The van der Waals surface area contributed by atoms with Gasteiger partial charge in [-0.1, -0.05) is 48.5 Å². The lowest BCUT2D eigenvalue weighted by Crippen LogP contribution is -2.45. The van der Waals surface area contributed by atoms with Gasteiger partial charge in [-0.15, -0.1) is 0 Å². The molecular formula is C20H19NO5S. The standard InChI is InChI=1S/C20H19NO5S/c22-19(23)20(13-17(20)14-6-2-1-3-7-14)21-27(24,25)11-10-16-12-15-8-4-5-9-18(15)26-16/h1-9,12,17,21H,10-11,13H2,(H,22,23)/t17-,20-/m0/s1. The first-order chi connectivity index (χ1) is 12.9. The van der Waals surface area contributed by atoms with Crippen LogP contribution in [0.3, 0.4) is 0 Å². The number of sulfonamides is 1. The molecule has 0 spiro atoms. The van der Waals surface area contributed by atoms with Gasteiger partial charge in [0.15, 0.2) is 0 Å². The highest BCUT2D eigenvalue weighted by Gasteiger charge is 2.63. The maximum Gasteiger partial charge on any atom is 0.325 e. The summed E-state index contributed by atoms with van der Waals surface area (Å²) in [6.07, 6.45) is 0.423. The number of fused-ring (bicyclic) bond motifs is 1. The Hall–Kier alpha value is -2.64. The zero-order valence-corrected chi connectivity index (χ0v) is 15.3. The molecule has 0 bridgehead atoms. The van der Waals surface area contributed by atoms with E-state index < -0.39 is 21.5 Å². The van der Waals surface area contributed by atoms with Crippen LogP contribution in [0.1, 0.15) is 23.7 Å². The van der Waals surface area contributed by atoms with Crippen LogP contribution in [-0.2, 0) is 21.2 Å². The molecule has 6 nitrogen and oxygen atoms in total. The fourth-order valence-corrected chi connectivity index (χ4v) is 4.91. The zero-order valence-electron chi connectivity index (χ0n) is 14.5. The molecule has 7 heteroatoms. The van der Waals surface area contributed by atoms with Crippen molar-refractivity contribution >= 4 is 27.0 Å². The van der Waals surface area contributed by atoms with Gasteiger partial charge in [-0.05, 0) is 24.1 Å². The Morgan fingerprint density at radius 3 is 2.56 bits per heavy atom. The lowest BCUT2D eigenvalue weighted by atomic mass is 10.1. The van der Waals surface area contributed by atoms with Crippen LogP contribution < -0.4 is 4.72 Å². The number of rotatable bonds is 7. The van der Waals surface area contributed by atoms with E-state index in [0.29, 0.717) is 11.3 Å². The largest absolute Gasteiger partial charge is 0.480 e. The average molecular weight is 385 g/mol. The molecule has 1 aliphatic carbocycles. The molecule has 2 N–H and O–H groups in total. The Balaban J connectivity index is 1.47. The summed E-state index contributed by atoms with van der Waals surface area (Å²) >= 11 is 0. The van der Waals surface area contributed by atoms with Gasteiger partial charge in [-0.2, -0.15) is 4.72 Å². The predicted molar refractivity (Wildman–Crippen MR) is 101 cm³/mol. The lowest BCUT2D eigenvalue weighted by Gasteiger charge is -2.15. The summed E-state index contributed by atoms with van der Waals surface area (Å²) < 4.78 is 33.1. The van der Waals surface area contributed by atoms with Crippen molar-refractivity contribution in [3.8, 4) is 0 Å². The van der Waals surface area contributed by atoms with Gasteiger partial charge in [0.1, 0.15) is 16.9 Å². The highest BCUT2D eigenvalue weighted by molar-refractivity contribution is 7.89. The molecule has 1 aromatic heterocycles.